The first-order valence-electron chi connectivity index (χ1n) is 6.17. The van der Waals surface area contributed by atoms with Crippen LogP contribution in [0.4, 0.5) is 11.6 Å². The summed E-state index contributed by atoms with van der Waals surface area (Å²) in [7, 11) is -1.74. The molecule has 2 rings (SSSR count). The van der Waals surface area contributed by atoms with Gasteiger partial charge < -0.3 is 10.6 Å². The van der Waals surface area contributed by atoms with Crippen molar-refractivity contribution in [3.63, 3.8) is 0 Å². The van der Waals surface area contributed by atoms with Crippen molar-refractivity contribution >= 4 is 37.4 Å². The zero-order valence-corrected chi connectivity index (χ0v) is 14.3. The maximum atomic E-state index is 12.0. The van der Waals surface area contributed by atoms with Crippen molar-refractivity contribution in [1.29, 1.82) is 0 Å². The standard InChI is InChI=1S/C12H16BrN5O2S/c1-4-17(2)12-10(21(3,19)20)11(14)18(16-12)9-6-5-8(13)7-15-9/h5-7H,4,14H2,1-3H3. The van der Waals surface area contributed by atoms with E-state index in [9.17, 15) is 8.42 Å². The molecular weight excluding hydrogens is 358 g/mol. The average molecular weight is 374 g/mol. The van der Waals surface area contributed by atoms with E-state index in [0.29, 0.717) is 18.2 Å². The summed E-state index contributed by atoms with van der Waals surface area (Å²) in [5, 5.41) is 4.31. The van der Waals surface area contributed by atoms with Gasteiger partial charge in [-0.25, -0.2) is 13.4 Å². The highest BCUT2D eigenvalue weighted by molar-refractivity contribution is 9.10. The van der Waals surface area contributed by atoms with Gasteiger partial charge in [0.15, 0.2) is 26.4 Å². The van der Waals surface area contributed by atoms with Gasteiger partial charge >= 0.3 is 0 Å². The molecule has 0 fully saturated rings. The van der Waals surface area contributed by atoms with E-state index in [-0.39, 0.29) is 10.7 Å². The third kappa shape index (κ3) is 3.03. The van der Waals surface area contributed by atoms with E-state index in [1.165, 1.54) is 4.68 Å². The van der Waals surface area contributed by atoms with Gasteiger partial charge in [-0.3, -0.25) is 0 Å². The van der Waals surface area contributed by atoms with Crippen molar-refractivity contribution in [3.8, 4) is 5.82 Å². The Balaban J connectivity index is 2.70. The molecular formula is C12H16BrN5O2S. The lowest BCUT2D eigenvalue weighted by atomic mass is 10.4. The van der Waals surface area contributed by atoms with E-state index in [4.69, 9.17) is 5.73 Å². The van der Waals surface area contributed by atoms with Crippen molar-refractivity contribution in [1.82, 2.24) is 14.8 Å². The number of anilines is 2. The lowest BCUT2D eigenvalue weighted by Gasteiger charge is -2.14. The van der Waals surface area contributed by atoms with Gasteiger partial charge in [0.1, 0.15) is 5.82 Å². The molecule has 0 radical (unpaired) electrons. The first-order chi connectivity index (χ1) is 9.75. The number of halogens is 1. The van der Waals surface area contributed by atoms with Crippen LogP contribution >= 0.6 is 15.9 Å². The number of aromatic nitrogens is 3. The number of nitrogens with zero attached hydrogens (tertiary/aromatic N) is 4. The number of nitrogen functional groups attached to an aromatic ring is 1. The maximum Gasteiger partial charge on any atom is 0.182 e. The second-order valence-electron chi connectivity index (χ2n) is 4.57. The molecule has 114 valence electrons. The minimum atomic E-state index is -3.50. The lowest BCUT2D eigenvalue weighted by molar-refractivity contribution is 0.602. The first kappa shape index (κ1) is 15.8. The van der Waals surface area contributed by atoms with Crippen LogP contribution in [0.5, 0.6) is 0 Å². The Morgan fingerprint density at radius 3 is 2.57 bits per heavy atom. The van der Waals surface area contributed by atoms with Gasteiger partial charge in [0, 0.05) is 30.5 Å². The predicted octanol–water partition coefficient (Wildman–Crippen LogP) is 1.47. The molecule has 0 amide bonds. The summed E-state index contributed by atoms with van der Waals surface area (Å²) >= 11 is 3.29. The minimum absolute atomic E-state index is 0.0246. The van der Waals surface area contributed by atoms with Crippen molar-refractivity contribution < 1.29 is 8.42 Å². The van der Waals surface area contributed by atoms with Crippen LogP contribution in [-0.2, 0) is 9.84 Å². The summed E-state index contributed by atoms with van der Waals surface area (Å²) in [6, 6.07) is 3.49. The lowest BCUT2D eigenvalue weighted by Crippen LogP contribution is -2.19. The number of nitrogens with two attached hydrogens (primary N) is 1. The van der Waals surface area contributed by atoms with Crippen LogP contribution < -0.4 is 10.6 Å². The predicted molar refractivity (Wildman–Crippen MR) is 85.5 cm³/mol. The smallest absolute Gasteiger partial charge is 0.182 e. The normalized spacial score (nSPS) is 11.6. The van der Waals surface area contributed by atoms with Crippen molar-refractivity contribution in [2.24, 2.45) is 0 Å². The average Bonchev–Trinajstić information content (AvgIpc) is 2.76. The summed E-state index contributed by atoms with van der Waals surface area (Å²) in [5.41, 5.74) is 6.00. The Hall–Kier alpha value is -1.61. The second kappa shape index (κ2) is 5.64. The molecule has 0 aromatic carbocycles. The molecule has 0 aliphatic carbocycles. The summed E-state index contributed by atoms with van der Waals surface area (Å²) in [6.45, 7) is 2.51. The van der Waals surface area contributed by atoms with Gasteiger partial charge in [0.05, 0.1) is 0 Å². The van der Waals surface area contributed by atoms with Crippen molar-refractivity contribution in [2.75, 3.05) is 30.5 Å². The summed E-state index contributed by atoms with van der Waals surface area (Å²) in [6.07, 6.45) is 2.71. The molecule has 9 heteroatoms. The Bertz CT molecular complexity index is 755. The molecule has 2 aromatic rings. The molecule has 0 aliphatic heterocycles. The number of hydrogen-bond donors (Lipinski definition) is 1. The third-order valence-corrected chi connectivity index (χ3v) is 4.60. The fraction of sp³-hybridized carbons (Fsp3) is 0.333. The van der Waals surface area contributed by atoms with E-state index in [1.807, 2.05) is 6.92 Å². The van der Waals surface area contributed by atoms with Gasteiger partial charge in [-0.2, -0.15) is 4.68 Å². The molecule has 2 N–H and O–H groups in total. The quantitative estimate of drug-likeness (QED) is 0.871. The van der Waals surface area contributed by atoms with Gasteiger partial charge in [-0.15, -0.1) is 5.10 Å². The SMILES string of the molecule is CCN(C)c1nn(-c2ccc(Br)cn2)c(N)c1S(C)(=O)=O. The van der Waals surface area contributed by atoms with Gasteiger partial charge in [-0.1, -0.05) is 0 Å². The fourth-order valence-corrected chi connectivity index (χ4v) is 3.06. The Morgan fingerprint density at radius 1 is 1.43 bits per heavy atom. The molecule has 0 atom stereocenters. The molecule has 0 spiro atoms. The monoisotopic (exact) mass is 373 g/mol. The molecule has 21 heavy (non-hydrogen) atoms. The Labute approximate surface area is 131 Å². The molecule has 2 aromatic heterocycles. The van der Waals surface area contributed by atoms with Crippen molar-refractivity contribution in [2.45, 2.75) is 11.8 Å². The highest BCUT2D eigenvalue weighted by Crippen LogP contribution is 2.31. The van der Waals surface area contributed by atoms with E-state index < -0.39 is 9.84 Å². The zero-order valence-electron chi connectivity index (χ0n) is 11.9. The molecule has 0 aliphatic rings. The largest absolute Gasteiger partial charge is 0.382 e. The summed E-state index contributed by atoms with van der Waals surface area (Å²) in [5.74, 6) is 0.834. The van der Waals surface area contributed by atoms with E-state index in [2.05, 4.69) is 26.0 Å². The van der Waals surface area contributed by atoms with Crippen molar-refractivity contribution in [3.05, 3.63) is 22.8 Å². The molecule has 7 nitrogen and oxygen atoms in total. The van der Waals surface area contributed by atoms with E-state index in [1.54, 1.807) is 30.3 Å². The van der Waals surface area contributed by atoms with Crippen LogP contribution in [0.3, 0.4) is 0 Å². The number of pyridine rings is 1. The first-order valence-corrected chi connectivity index (χ1v) is 8.85. The highest BCUT2D eigenvalue weighted by Gasteiger charge is 2.26. The van der Waals surface area contributed by atoms with E-state index >= 15 is 0 Å². The van der Waals surface area contributed by atoms with Gasteiger partial charge in [-0.05, 0) is 35.0 Å². The van der Waals surface area contributed by atoms with Gasteiger partial charge in [0.25, 0.3) is 0 Å². The zero-order chi connectivity index (χ0) is 15.8. The molecule has 0 saturated carbocycles. The second-order valence-corrected chi connectivity index (χ2v) is 7.44. The topological polar surface area (TPSA) is 94.1 Å². The van der Waals surface area contributed by atoms with Crippen LogP contribution in [-0.4, -0.2) is 43.0 Å². The van der Waals surface area contributed by atoms with Crippen LogP contribution in [0.15, 0.2) is 27.7 Å². The number of rotatable bonds is 4. The Kier molecular flexibility index (Phi) is 4.24. The van der Waals surface area contributed by atoms with Gasteiger partial charge in [0.2, 0.25) is 0 Å². The van der Waals surface area contributed by atoms with Crippen LogP contribution in [0.1, 0.15) is 6.92 Å². The van der Waals surface area contributed by atoms with E-state index in [0.717, 1.165) is 10.7 Å². The molecule has 2 heterocycles. The minimum Gasteiger partial charge on any atom is -0.382 e. The number of hydrogen-bond acceptors (Lipinski definition) is 6. The fourth-order valence-electron chi connectivity index (χ4n) is 1.83. The molecule has 0 bridgehead atoms. The summed E-state index contributed by atoms with van der Waals surface area (Å²) in [4.78, 5) is 5.94. The molecule has 0 unspecified atom stereocenters. The number of sulfone groups is 1. The van der Waals surface area contributed by atoms with Crippen LogP contribution in [0.2, 0.25) is 0 Å². The Morgan fingerprint density at radius 2 is 2.10 bits per heavy atom. The summed E-state index contributed by atoms with van der Waals surface area (Å²) < 4.78 is 26.2. The molecule has 0 saturated heterocycles. The highest BCUT2D eigenvalue weighted by atomic mass is 79.9. The van der Waals surface area contributed by atoms with Crippen LogP contribution in [0.25, 0.3) is 5.82 Å². The maximum absolute atomic E-state index is 12.0. The third-order valence-electron chi connectivity index (χ3n) is 2.99. The van der Waals surface area contributed by atoms with Crippen LogP contribution in [0, 0.1) is 0 Å².